The molecule has 7 heteroatoms. The van der Waals surface area contributed by atoms with Gasteiger partial charge >= 0.3 is 5.97 Å². The molecule has 1 aromatic carbocycles. The summed E-state index contributed by atoms with van der Waals surface area (Å²) < 4.78 is 4.97. The van der Waals surface area contributed by atoms with Gasteiger partial charge < -0.3 is 15.0 Å². The molecule has 1 saturated heterocycles. The number of amides is 1. The Labute approximate surface area is 163 Å². The van der Waals surface area contributed by atoms with Gasteiger partial charge in [-0.15, -0.1) is 0 Å². The van der Waals surface area contributed by atoms with Gasteiger partial charge in [0, 0.05) is 35.7 Å². The highest BCUT2D eigenvalue weighted by molar-refractivity contribution is 6.30. The van der Waals surface area contributed by atoms with Crippen molar-refractivity contribution in [2.75, 3.05) is 29.9 Å². The molecule has 1 N–H and O–H groups in total. The van der Waals surface area contributed by atoms with Crippen molar-refractivity contribution in [2.24, 2.45) is 0 Å². The van der Waals surface area contributed by atoms with E-state index in [0.717, 1.165) is 18.8 Å². The lowest BCUT2D eigenvalue weighted by Crippen LogP contribution is -2.24. The van der Waals surface area contributed by atoms with Gasteiger partial charge in [-0.3, -0.25) is 4.79 Å². The first-order valence-electron chi connectivity index (χ1n) is 9.05. The average molecular weight is 388 g/mol. The number of halogens is 1. The highest BCUT2D eigenvalue weighted by Gasteiger charge is 2.13. The van der Waals surface area contributed by atoms with Crippen LogP contribution in [0.25, 0.3) is 0 Å². The van der Waals surface area contributed by atoms with Crippen LogP contribution < -0.4 is 10.2 Å². The zero-order valence-corrected chi connectivity index (χ0v) is 15.7. The van der Waals surface area contributed by atoms with Crippen molar-refractivity contribution < 1.29 is 14.3 Å². The van der Waals surface area contributed by atoms with Crippen molar-refractivity contribution >= 4 is 34.9 Å². The molecule has 1 fully saturated rings. The van der Waals surface area contributed by atoms with Gasteiger partial charge in [0.15, 0.2) is 6.61 Å². The molecule has 1 amide bonds. The number of nitrogens with one attached hydrogen (secondary N) is 1. The lowest BCUT2D eigenvalue weighted by Gasteiger charge is -2.22. The smallest absolute Gasteiger partial charge is 0.357 e. The van der Waals surface area contributed by atoms with E-state index in [1.54, 1.807) is 6.07 Å². The van der Waals surface area contributed by atoms with Gasteiger partial charge in [0.25, 0.3) is 5.91 Å². The van der Waals surface area contributed by atoms with Crippen LogP contribution in [-0.4, -0.2) is 36.6 Å². The molecule has 1 aliphatic heterocycles. The van der Waals surface area contributed by atoms with Crippen molar-refractivity contribution in [3.63, 3.8) is 0 Å². The molecule has 6 nitrogen and oxygen atoms in total. The number of nitrogens with zero attached hydrogens (tertiary/aromatic N) is 2. The van der Waals surface area contributed by atoms with Gasteiger partial charge in [-0.2, -0.15) is 0 Å². The number of carbonyl (C=O) groups is 2. The molecule has 142 valence electrons. The molecule has 27 heavy (non-hydrogen) atoms. The van der Waals surface area contributed by atoms with E-state index in [1.165, 1.54) is 37.9 Å². The number of esters is 1. The molecule has 0 radical (unpaired) electrons. The number of ether oxygens (including phenoxy) is 1. The summed E-state index contributed by atoms with van der Waals surface area (Å²) >= 11 is 5.81. The van der Waals surface area contributed by atoms with E-state index in [2.05, 4.69) is 15.2 Å². The van der Waals surface area contributed by atoms with Crippen LogP contribution in [0, 0.1) is 0 Å². The van der Waals surface area contributed by atoms with Gasteiger partial charge in [0.1, 0.15) is 5.69 Å². The Kier molecular flexibility index (Phi) is 6.65. The summed E-state index contributed by atoms with van der Waals surface area (Å²) in [4.78, 5) is 30.1. The van der Waals surface area contributed by atoms with E-state index in [-0.39, 0.29) is 12.3 Å². The maximum Gasteiger partial charge on any atom is 0.357 e. The zero-order chi connectivity index (χ0) is 19.1. The highest BCUT2D eigenvalue weighted by atomic mass is 35.5. The average Bonchev–Trinajstić information content (AvgIpc) is 2.96. The number of carbonyl (C=O) groups excluding carboxylic acids is 2. The minimum Gasteiger partial charge on any atom is -0.451 e. The van der Waals surface area contributed by atoms with E-state index < -0.39 is 11.9 Å². The van der Waals surface area contributed by atoms with Crippen LogP contribution in [-0.2, 0) is 9.53 Å². The standard InChI is InChI=1S/C20H22ClN3O3/c21-15-9-10-22-18(13-15)20(26)27-14-19(25)23-16-5-7-17(8-6-16)24-11-3-1-2-4-12-24/h5-10,13H,1-4,11-12,14H2,(H,23,25). The molecular formula is C20H22ClN3O3. The first-order valence-corrected chi connectivity index (χ1v) is 9.43. The summed E-state index contributed by atoms with van der Waals surface area (Å²) in [5, 5.41) is 3.10. The maximum atomic E-state index is 12.0. The van der Waals surface area contributed by atoms with E-state index in [4.69, 9.17) is 16.3 Å². The fraction of sp³-hybridized carbons (Fsp3) is 0.350. The summed E-state index contributed by atoms with van der Waals surface area (Å²) in [6, 6.07) is 10.7. The minimum absolute atomic E-state index is 0.0668. The topological polar surface area (TPSA) is 71.5 Å². The molecule has 3 rings (SSSR count). The van der Waals surface area contributed by atoms with Crippen molar-refractivity contribution in [1.29, 1.82) is 0 Å². The monoisotopic (exact) mass is 387 g/mol. The van der Waals surface area contributed by atoms with Crippen molar-refractivity contribution in [3.8, 4) is 0 Å². The molecule has 2 heterocycles. The first-order chi connectivity index (χ1) is 13.1. The third kappa shape index (κ3) is 5.69. The molecule has 1 aromatic heterocycles. The Balaban J connectivity index is 1.49. The van der Waals surface area contributed by atoms with Crippen molar-refractivity contribution in [2.45, 2.75) is 25.7 Å². The van der Waals surface area contributed by atoms with Gasteiger partial charge in [-0.25, -0.2) is 9.78 Å². The summed E-state index contributed by atoms with van der Waals surface area (Å²) in [5.41, 5.74) is 1.89. The number of hydrogen-bond acceptors (Lipinski definition) is 5. The van der Waals surface area contributed by atoms with Crippen LogP contribution in [0.3, 0.4) is 0 Å². The second-order valence-corrected chi connectivity index (χ2v) is 6.87. The lowest BCUT2D eigenvalue weighted by molar-refractivity contribution is -0.119. The molecule has 0 aliphatic carbocycles. The molecule has 1 aliphatic rings. The molecule has 0 saturated carbocycles. The fourth-order valence-electron chi connectivity index (χ4n) is 3.00. The maximum absolute atomic E-state index is 12.0. The quantitative estimate of drug-likeness (QED) is 0.787. The van der Waals surface area contributed by atoms with Gasteiger partial charge in [0.05, 0.1) is 0 Å². The molecule has 0 bridgehead atoms. The highest BCUT2D eigenvalue weighted by Crippen LogP contribution is 2.21. The molecular weight excluding hydrogens is 366 g/mol. The number of anilines is 2. The molecule has 0 unspecified atom stereocenters. The summed E-state index contributed by atoms with van der Waals surface area (Å²) in [5.74, 6) is -1.10. The zero-order valence-electron chi connectivity index (χ0n) is 15.0. The second-order valence-electron chi connectivity index (χ2n) is 6.43. The van der Waals surface area contributed by atoms with Crippen LogP contribution in [0.15, 0.2) is 42.6 Å². The Hall–Kier alpha value is -2.60. The fourth-order valence-corrected chi connectivity index (χ4v) is 3.16. The van der Waals surface area contributed by atoms with Crippen LogP contribution >= 0.6 is 11.6 Å². The van der Waals surface area contributed by atoms with Crippen molar-refractivity contribution in [1.82, 2.24) is 4.98 Å². The normalized spacial score (nSPS) is 14.3. The molecule has 0 atom stereocenters. The second kappa shape index (κ2) is 9.37. The Morgan fingerprint density at radius 2 is 1.78 bits per heavy atom. The first kappa shape index (κ1) is 19.2. The SMILES string of the molecule is O=C(COC(=O)c1cc(Cl)ccn1)Nc1ccc(N2CCCCCC2)cc1. The summed E-state index contributed by atoms with van der Waals surface area (Å²) in [6.45, 7) is 1.75. The number of hydrogen-bond donors (Lipinski definition) is 1. The number of pyridine rings is 1. The lowest BCUT2D eigenvalue weighted by atomic mass is 10.2. The summed E-state index contributed by atoms with van der Waals surface area (Å²) in [6.07, 6.45) is 6.41. The number of benzene rings is 1. The Morgan fingerprint density at radius 1 is 1.07 bits per heavy atom. The van der Waals surface area contributed by atoms with Crippen LogP contribution in [0.5, 0.6) is 0 Å². The van der Waals surface area contributed by atoms with E-state index in [1.807, 2.05) is 24.3 Å². The third-order valence-corrected chi connectivity index (χ3v) is 4.62. The van der Waals surface area contributed by atoms with E-state index in [0.29, 0.717) is 10.7 Å². The third-order valence-electron chi connectivity index (χ3n) is 4.39. The van der Waals surface area contributed by atoms with Gasteiger partial charge in [-0.05, 0) is 49.2 Å². The van der Waals surface area contributed by atoms with Crippen LogP contribution in [0.4, 0.5) is 11.4 Å². The Morgan fingerprint density at radius 3 is 2.44 bits per heavy atom. The van der Waals surface area contributed by atoms with Gasteiger partial charge in [0.2, 0.25) is 0 Å². The van der Waals surface area contributed by atoms with Gasteiger partial charge in [-0.1, -0.05) is 24.4 Å². The number of aromatic nitrogens is 1. The largest absolute Gasteiger partial charge is 0.451 e. The van der Waals surface area contributed by atoms with E-state index in [9.17, 15) is 9.59 Å². The molecule has 0 spiro atoms. The van der Waals surface area contributed by atoms with Crippen LogP contribution in [0.2, 0.25) is 5.02 Å². The Bertz CT molecular complexity index is 787. The summed E-state index contributed by atoms with van der Waals surface area (Å²) in [7, 11) is 0. The van der Waals surface area contributed by atoms with Crippen LogP contribution in [0.1, 0.15) is 36.2 Å². The predicted octanol–water partition coefficient (Wildman–Crippen LogP) is 3.91. The van der Waals surface area contributed by atoms with E-state index >= 15 is 0 Å². The number of rotatable bonds is 5. The predicted molar refractivity (Wildman–Crippen MR) is 105 cm³/mol. The van der Waals surface area contributed by atoms with Crippen molar-refractivity contribution in [3.05, 3.63) is 53.3 Å². The molecule has 2 aromatic rings. The minimum atomic E-state index is -0.691.